The van der Waals surface area contributed by atoms with Crippen molar-refractivity contribution in [1.29, 1.82) is 0 Å². The summed E-state index contributed by atoms with van der Waals surface area (Å²) in [4.78, 5) is 13.6. The Morgan fingerprint density at radius 3 is 2.45 bits per heavy atom. The molecule has 2 atom stereocenters. The Morgan fingerprint density at radius 1 is 1.35 bits per heavy atom. The van der Waals surface area contributed by atoms with Gasteiger partial charge in [-0.05, 0) is 20.5 Å². The van der Waals surface area contributed by atoms with Crippen LogP contribution in [0.2, 0.25) is 0 Å². The van der Waals surface area contributed by atoms with E-state index in [0.29, 0.717) is 13.1 Å². The molecule has 0 aromatic carbocycles. The number of hydrogen-bond acceptors (Lipinski definition) is 3. The molecule has 0 saturated heterocycles. The van der Waals surface area contributed by atoms with Gasteiger partial charge in [0.2, 0.25) is 5.91 Å². The molecule has 0 heterocycles. The highest BCUT2D eigenvalue weighted by Gasteiger charge is 2.20. The van der Waals surface area contributed by atoms with E-state index < -0.39 is 0 Å². The zero-order valence-electron chi connectivity index (χ0n) is 14.1. The van der Waals surface area contributed by atoms with Crippen LogP contribution in [0.5, 0.6) is 0 Å². The van der Waals surface area contributed by atoms with E-state index in [9.17, 15) is 9.90 Å². The van der Waals surface area contributed by atoms with Crippen molar-refractivity contribution in [3.05, 3.63) is 0 Å². The minimum Gasteiger partial charge on any atom is -0.386 e. The third-order valence-corrected chi connectivity index (χ3v) is 3.58. The molecule has 20 heavy (non-hydrogen) atoms. The van der Waals surface area contributed by atoms with Crippen molar-refractivity contribution in [3.63, 3.8) is 0 Å². The molecule has 0 aromatic heterocycles. The number of rotatable bonds is 10. The minimum absolute atomic E-state index is 0.0967. The maximum atomic E-state index is 11.6. The smallest absolute Gasteiger partial charge is 0.222 e. The number of carbonyl (C=O) groups is 1. The first-order chi connectivity index (χ1) is 9.18. The largest absolute Gasteiger partial charge is 0.386 e. The van der Waals surface area contributed by atoms with Crippen LogP contribution < -0.4 is 5.32 Å². The summed E-state index contributed by atoms with van der Waals surface area (Å²) in [7, 11) is 8.17. The van der Waals surface area contributed by atoms with Gasteiger partial charge in [0, 0.05) is 25.4 Å². The van der Waals surface area contributed by atoms with Gasteiger partial charge in [-0.15, -0.1) is 0 Å². The fourth-order valence-corrected chi connectivity index (χ4v) is 2.22. The summed E-state index contributed by atoms with van der Waals surface area (Å²) >= 11 is 0. The van der Waals surface area contributed by atoms with E-state index >= 15 is 0 Å². The third kappa shape index (κ3) is 9.28. The molecule has 120 valence electrons. The zero-order chi connectivity index (χ0) is 15.8. The lowest BCUT2D eigenvalue weighted by Gasteiger charge is -2.32. The molecule has 2 N–H and O–H groups in total. The molecule has 0 rings (SSSR count). The van der Waals surface area contributed by atoms with Crippen molar-refractivity contribution in [2.75, 3.05) is 54.4 Å². The van der Waals surface area contributed by atoms with E-state index in [1.165, 1.54) is 0 Å². The van der Waals surface area contributed by atoms with Gasteiger partial charge < -0.3 is 19.8 Å². The Balaban J connectivity index is 3.90. The van der Waals surface area contributed by atoms with E-state index in [2.05, 4.69) is 19.4 Å². The number of nitrogens with zero attached hydrogens (tertiary/aromatic N) is 2. The van der Waals surface area contributed by atoms with E-state index in [4.69, 9.17) is 0 Å². The van der Waals surface area contributed by atoms with Crippen LogP contribution in [-0.4, -0.2) is 80.9 Å². The van der Waals surface area contributed by atoms with Crippen LogP contribution in [0.25, 0.3) is 0 Å². The number of likely N-dealkylation sites (N-methyl/N-ethyl adjacent to an activating group) is 2. The molecule has 0 aliphatic carbocycles. The summed E-state index contributed by atoms with van der Waals surface area (Å²) in [6.07, 6.45) is 1.50. The average Bonchev–Trinajstić information content (AvgIpc) is 2.31. The van der Waals surface area contributed by atoms with Gasteiger partial charge >= 0.3 is 0 Å². The Labute approximate surface area is 124 Å². The van der Waals surface area contributed by atoms with Gasteiger partial charge in [0.15, 0.2) is 0 Å². The standard InChI is InChI=1S/C15H33N3O2/c1-7-13(2)15(20)16-9-8-10-18(5,6)12-14(19)11-17(3)4/h13-14,19H,7-12H2,1-6H3/p+1. The molecule has 0 fully saturated rings. The SMILES string of the molecule is CCC(C)C(=O)NCCC[N+](C)(C)CC(O)CN(C)C. The quantitative estimate of drug-likeness (QED) is 0.456. The Kier molecular flexibility index (Phi) is 9.01. The van der Waals surface area contributed by atoms with E-state index in [1.54, 1.807) is 0 Å². The molecule has 0 radical (unpaired) electrons. The lowest BCUT2D eigenvalue weighted by molar-refractivity contribution is -0.893. The number of aliphatic hydroxyl groups excluding tert-OH is 1. The second-order valence-corrected chi connectivity index (χ2v) is 6.71. The fraction of sp³-hybridized carbons (Fsp3) is 0.933. The van der Waals surface area contributed by atoms with Gasteiger partial charge in [0.25, 0.3) is 0 Å². The maximum absolute atomic E-state index is 11.6. The van der Waals surface area contributed by atoms with Crippen molar-refractivity contribution in [3.8, 4) is 0 Å². The first-order valence-corrected chi connectivity index (χ1v) is 7.60. The summed E-state index contributed by atoms with van der Waals surface area (Å²) < 4.78 is 0.772. The van der Waals surface area contributed by atoms with Crippen LogP contribution in [0.4, 0.5) is 0 Å². The molecule has 0 aliphatic heterocycles. The predicted molar refractivity (Wildman–Crippen MR) is 83.5 cm³/mol. The molecule has 0 spiro atoms. The van der Waals surface area contributed by atoms with Crippen molar-refractivity contribution < 1.29 is 14.4 Å². The van der Waals surface area contributed by atoms with E-state index in [-0.39, 0.29) is 17.9 Å². The van der Waals surface area contributed by atoms with Gasteiger partial charge in [-0.3, -0.25) is 4.79 Å². The second-order valence-electron chi connectivity index (χ2n) is 6.71. The van der Waals surface area contributed by atoms with Crippen LogP contribution in [0, 0.1) is 5.92 Å². The average molecular weight is 288 g/mol. The van der Waals surface area contributed by atoms with Crippen molar-refractivity contribution in [2.45, 2.75) is 32.8 Å². The highest BCUT2D eigenvalue weighted by Crippen LogP contribution is 2.03. The van der Waals surface area contributed by atoms with Gasteiger partial charge in [-0.25, -0.2) is 0 Å². The molecular weight excluding hydrogens is 254 g/mol. The molecule has 2 unspecified atom stereocenters. The predicted octanol–water partition coefficient (Wildman–Crippen LogP) is 0.538. The minimum atomic E-state index is -0.310. The summed E-state index contributed by atoms with van der Waals surface area (Å²) in [6.45, 7) is 7.06. The first kappa shape index (κ1) is 19.4. The monoisotopic (exact) mass is 288 g/mol. The van der Waals surface area contributed by atoms with Crippen LogP contribution in [0.15, 0.2) is 0 Å². The molecule has 0 saturated carbocycles. The summed E-state index contributed by atoms with van der Waals surface area (Å²) in [5.41, 5.74) is 0. The van der Waals surface area contributed by atoms with Gasteiger partial charge in [-0.1, -0.05) is 13.8 Å². The van der Waals surface area contributed by atoms with Crippen molar-refractivity contribution in [1.82, 2.24) is 10.2 Å². The summed E-state index contributed by atoms with van der Waals surface area (Å²) in [6, 6.07) is 0. The lowest BCUT2D eigenvalue weighted by Crippen LogP contribution is -2.49. The summed E-state index contributed by atoms with van der Waals surface area (Å²) in [5.74, 6) is 0.241. The van der Waals surface area contributed by atoms with Gasteiger partial charge in [0.05, 0.1) is 20.6 Å². The van der Waals surface area contributed by atoms with Crippen LogP contribution >= 0.6 is 0 Å². The summed E-state index contributed by atoms with van der Waals surface area (Å²) in [5, 5.41) is 12.9. The number of quaternary nitrogens is 1. The van der Waals surface area contributed by atoms with E-state index in [1.807, 2.05) is 32.8 Å². The second kappa shape index (κ2) is 9.32. The number of aliphatic hydroxyl groups is 1. The van der Waals surface area contributed by atoms with E-state index in [0.717, 1.165) is 30.4 Å². The molecule has 0 aromatic rings. The van der Waals surface area contributed by atoms with Crippen LogP contribution in [-0.2, 0) is 4.79 Å². The molecule has 0 bridgehead atoms. The zero-order valence-corrected chi connectivity index (χ0v) is 14.1. The number of hydrogen-bond donors (Lipinski definition) is 2. The maximum Gasteiger partial charge on any atom is 0.222 e. The number of carbonyl (C=O) groups excluding carboxylic acids is 1. The molecule has 0 aliphatic rings. The molecular formula is C15H34N3O2+. The third-order valence-electron chi connectivity index (χ3n) is 3.58. The van der Waals surface area contributed by atoms with Crippen molar-refractivity contribution in [2.24, 2.45) is 5.92 Å². The van der Waals surface area contributed by atoms with Crippen molar-refractivity contribution >= 4 is 5.91 Å². The molecule has 5 heteroatoms. The topological polar surface area (TPSA) is 52.6 Å². The normalized spacial score (nSPS) is 15.2. The van der Waals surface area contributed by atoms with Gasteiger partial charge in [0.1, 0.15) is 12.6 Å². The highest BCUT2D eigenvalue weighted by molar-refractivity contribution is 5.78. The van der Waals surface area contributed by atoms with Crippen LogP contribution in [0.1, 0.15) is 26.7 Å². The highest BCUT2D eigenvalue weighted by atomic mass is 16.3. The first-order valence-electron chi connectivity index (χ1n) is 7.60. The molecule has 1 amide bonds. The molecule has 5 nitrogen and oxygen atoms in total. The Morgan fingerprint density at radius 2 is 1.95 bits per heavy atom. The van der Waals surface area contributed by atoms with Gasteiger partial charge in [-0.2, -0.15) is 0 Å². The number of amides is 1. The Bertz CT molecular complexity index is 280. The number of nitrogens with one attached hydrogen (secondary N) is 1. The van der Waals surface area contributed by atoms with Crippen LogP contribution in [0.3, 0.4) is 0 Å². The Hall–Kier alpha value is -0.650. The fourth-order valence-electron chi connectivity index (χ4n) is 2.22. The lowest BCUT2D eigenvalue weighted by atomic mass is 10.1.